The number of nitrogens with one attached hydrogen (secondary N) is 3. The minimum atomic E-state index is 0. The zero-order valence-electron chi connectivity index (χ0n) is 12.3. The summed E-state index contributed by atoms with van der Waals surface area (Å²) in [5.74, 6) is 0.0352. The Labute approximate surface area is 122 Å². The zero-order valence-corrected chi connectivity index (χ0v) is 13.1. The molecule has 6 heteroatoms. The van der Waals surface area contributed by atoms with Crippen molar-refractivity contribution in [3.8, 4) is 0 Å². The molecule has 5 nitrogen and oxygen atoms in total. The molecular formula is C13H28ClN3O2. The van der Waals surface area contributed by atoms with Gasteiger partial charge in [-0.05, 0) is 33.2 Å². The monoisotopic (exact) mass is 293 g/mol. The van der Waals surface area contributed by atoms with Crippen LogP contribution in [0.1, 0.15) is 46.5 Å². The van der Waals surface area contributed by atoms with E-state index < -0.39 is 0 Å². The first kappa shape index (κ1) is 20.5. The molecule has 0 rings (SSSR count). The van der Waals surface area contributed by atoms with E-state index in [4.69, 9.17) is 0 Å². The number of rotatable bonds is 10. The third kappa shape index (κ3) is 15.1. The molecule has 0 aliphatic heterocycles. The second kappa shape index (κ2) is 13.6. The molecule has 2 amide bonds. The van der Waals surface area contributed by atoms with E-state index in [1.165, 1.54) is 0 Å². The van der Waals surface area contributed by atoms with Crippen LogP contribution in [-0.2, 0) is 9.59 Å². The Kier molecular flexibility index (Phi) is 14.7. The lowest BCUT2D eigenvalue weighted by Crippen LogP contribution is -2.32. The van der Waals surface area contributed by atoms with Gasteiger partial charge >= 0.3 is 0 Å². The molecule has 0 atom stereocenters. The molecular weight excluding hydrogens is 266 g/mol. The van der Waals surface area contributed by atoms with Gasteiger partial charge in [-0.25, -0.2) is 0 Å². The van der Waals surface area contributed by atoms with Crippen molar-refractivity contribution in [2.45, 2.75) is 52.5 Å². The minimum Gasteiger partial charge on any atom is -0.355 e. The Morgan fingerprint density at radius 2 is 1.63 bits per heavy atom. The molecule has 0 aliphatic rings. The molecule has 0 aromatic carbocycles. The maximum absolute atomic E-state index is 11.4. The second-order valence-corrected chi connectivity index (χ2v) is 4.68. The first-order valence-corrected chi connectivity index (χ1v) is 6.83. The van der Waals surface area contributed by atoms with Gasteiger partial charge in [-0.1, -0.05) is 6.92 Å². The van der Waals surface area contributed by atoms with Gasteiger partial charge in [-0.3, -0.25) is 9.59 Å². The van der Waals surface area contributed by atoms with Crippen molar-refractivity contribution in [2.24, 2.45) is 0 Å². The molecule has 0 fully saturated rings. The maximum Gasteiger partial charge on any atom is 0.220 e. The lowest BCUT2D eigenvalue weighted by molar-refractivity contribution is -0.122. The van der Waals surface area contributed by atoms with Crippen LogP contribution in [0.25, 0.3) is 0 Å². The highest BCUT2D eigenvalue weighted by atomic mass is 35.5. The highest BCUT2D eigenvalue weighted by Gasteiger charge is 2.05. The van der Waals surface area contributed by atoms with Crippen molar-refractivity contribution in [3.05, 3.63) is 0 Å². The molecule has 0 aromatic rings. The van der Waals surface area contributed by atoms with E-state index in [2.05, 4.69) is 22.9 Å². The third-order valence-corrected chi connectivity index (χ3v) is 2.31. The van der Waals surface area contributed by atoms with Gasteiger partial charge in [-0.15, -0.1) is 12.4 Å². The van der Waals surface area contributed by atoms with Crippen LogP contribution in [0.5, 0.6) is 0 Å². The predicted molar refractivity (Wildman–Crippen MR) is 80.5 cm³/mol. The minimum absolute atomic E-state index is 0. The summed E-state index contributed by atoms with van der Waals surface area (Å²) in [6.45, 7) is 8.38. The first-order chi connectivity index (χ1) is 8.56. The van der Waals surface area contributed by atoms with Crippen LogP contribution < -0.4 is 16.0 Å². The van der Waals surface area contributed by atoms with E-state index >= 15 is 0 Å². The zero-order chi connectivity index (χ0) is 13.8. The largest absolute Gasteiger partial charge is 0.355 e. The summed E-state index contributed by atoms with van der Waals surface area (Å²) in [4.78, 5) is 22.7. The van der Waals surface area contributed by atoms with Crippen molar-refractivity contribution in [1.29, 1.82) is 0 Å². The van der Waals surface area contributed by atoms with Gasteiger partial charge in [0.1, 0.15) is 0 Å². The fourth-order valence-electron chi connectivity index (χ4n) is 1.48. The quantitative estimate of drug-likeness (QED) is 0.531. The Morgan fingerprint density at radius 1 is 1.00 bits per heavy atom. The Balaban J connectivity index is 0. The van der Waals surface area contributed by atoms with E-state index in [-0.39, 0.29) is 30.3 Å². The number of halogens is 1. The lowest BCUT2D eigenvalue weighted by atomic mass is 10.2. The van der Waals surface area contributed by atoms with Gasteiger partial charge in [0, 0.05) is 32.0 Å². The highest BCUT2D eigenvalue weighted by molar-refractivity contribution is 5.85. The molecule has 0 saturated carbocycles. The summed E-state index contributed by atoms with van der Waals surface area (Å²) in [6, 6.07) is 0.163. The molecule has 0 spiro atoms. The SMILES string of the molecule is CCCNCCNC(=O)CCCC(=O)NC(C)C.Cl. The van der Waals surface area contributed by atoms with E-state index in [1.54, 1.807) is 0 Å². The van der Waals surface area contributed by atoms with Gasteiger partial charge in [-0.2, -0.15) is 0 Å². The number of hydrogen-bond donors (Lipinski definition) is 3. The molecule has 0 unspecified atom stereocenters. The van der Waals surface area contributed by atoms with Crippen molar-refractivity contribution >= 4 is 24.2 Å². The molecule has 0 aromatic heterocycles. The Bertz CT molecular complexity index is 248. The highest BCUT2D eigenvalue weighted by Crippen LogP contribution is 1.95. The molecule has 0 radical (unpaired) electrons. The number of hydrogen-bond acceptors (Lipinski definition) is 3. The van der Waals surface area contributed by atoms with E-state index in [0.29, 0.717) is 25.8 Å². The predicted octanol–water partition coefficient (Wildman–Crippen LogP) is 1.22. The van der Waals surface area contributed by atoms with Gasteiger partial charge < -0.3 is 16.0 Å². The first-order valence-electron chi connectivity index (χ1n) is 6.83. The number of carbonyl (C=O) groups is 2. The second-order valence-electron chi connectivity index (χ2n) is 4.68. The van der Waals surface area contributed by atoms with Crippen molar-refractivity contribution in [1.82, 2.24) is 16.0 Å². The van der Waals surface area contributed by atoms with E-state index in [0.717, 1.165) is 19.5 Å². The smallest absolute Gasteiger partial charge is 0.220 e. The Hall–Kier alpha value is -0.810. The van der Waals surface area contributed by atoms with Crippen molar-refractivity contribution < 1.29 is 9.59 Å². The summed E-state index contributed by atoms with van der Waals surface area (Å²) in [5.41, 5.74) is 0. The van der Waals surface area contributed by atoms with Crippen LogP contribution in [0.4, 0.5) is 0 Å². The van der Waals surface area contributed by atoms with Crippen molar-refractivity contribution in [3.63, 3.8) is 0 Å². The maximum atomic E-state index is 11.4. The normalized spacial score (nSPS) is 9.89. The number of amides is 2. The molecule has 0 saturated heterocycles. The fraction of sp³-hybridized carbons (Fsp3) is 0.846. The van der Waals surface area contributed by atoms with Crippen molar-refractivity contribution in [2.75, 3.05) is 19.6 Å². The summed E-state index contributed by atoms with van der Waals surface area (Å²) < 4.78 is 0. The fourth-order valence-corrected chi connectivity index (χ4v) is 1.48. The Morgan fingerprint density at radius 3 is 2.21 bits per heavy atom. The van der Waals surface area contributed by atoms with Gasteiger partial charge in [0.2, 0.25) is 11.8 Å². The summed E-state index contributed by atoms with van der Waals surface area (Å²) in [5, 5.41) is 8.83. The molecule has 0 heterocycles. The standard InChI is InChI=1S/C13H27N3O2.ClH/c1-4-8-14-9-10-15-12(17)6-5-7-13(18)16-11(2)3;/h11,14H,4-10H2,1-3H3,(H,15,17)(H,16,18);1H. The van der Waals surface area contributed by atoms with Crippen LogP contribution in [0.3, 0.4) is 0 Å². The van der Waals surface area contributed by atoms with Crippen LogP contribution in [-0.4, -0.2) is 37.5 Å². The molecule has 114 valence electrons. The third-order valence-electron chi connectivity index (χ3n) is 2.31. The average molecular weight is 294 g/mol. The molecule has 0 bridgehead atoms. The molecule has 3 N–H and O–H groups in total. The van der Waals surface area contributed by atoms with E-state index in [9.17, 15) is 9.59 Å². The van der Waals surface area contributed by atoms with Gasteiger partial charge in [0.05, 0.1) is 0 Å². The number of carbonyl (C=O) groups excluding carboxylic acids is 2. The molecule has 0 aliphatic carbocycles. The van der Waals surface area contributed by atoms with Gasteiger partial charge in [0.15, 0.2) is 0 Å². The van der Waals surface area contributed by atoms with Crippen LogP contribution in [0.2, 0.25) is 0 Å². The topological polar surface area (TPSA) is 70.2 Å². The summed E-state index contributed by atoms with van der Waals surface area (Å²) >= 11 is 0. The van der Waals surface area contributed by atoms with E-state index in [1.807, 2.05) is 13.8 Å². The summed E-state index contributed by atoms with van der Waals surface area (Å²) in [6.07, 6.45) is 2.53. The lowest BCUT2D eigenvalue weighted by Gasteiger charge is -2.08. The average Bonchev–Trinajstić information content (AvgIpc) is 2.27. The van der Waals surface area contributed by atoms with Crippen LogP contribution >= 0.6 is 12.4 Å². The summed E-state index contributed by atoms with van der Waals surface area (Å²) in [7, 11) is 0. The van der Waals surface area contributed by atoms with Crippen LogP contribution in [0.15, 0.2) is 0 Å². The van der Waals surface area contributed by atoms with Gasteiger partial charge in [0.25, 0.3) is 0 Å². The van der Waals surface area contributed by atoms with Crippen LogP contribution in [0, 0.1) is 0 Å². The molecule has 19 heavy (non-hydrogen) atoms.